The monoisotopic (exact) mass is 291 g/mol. The van der Waals surface area contributed by atoms with Gasteiger partial charge in [0.25, 0.3) is 0 Å². The van der Waals surface area contributed by atoms with Gasteiger partial charge in [-0.2, -0.15) is 0 Å². The molecule has 106 valence electrons. The number of nitrogens with zero attached hydrogens (tertiary/aromatic N) is 3. The maximum Gasteiger partial charge on any atom is 0.339 e. The van der Waals surface area contributed by atoms with E-state index in [0.717, 1.165) is 22.0 Å². The van der Waals surface area contributed by atoms with Crippen LogP contribution in [-0.2, 0) is 6.54 Å². The van der Waals surface area contributed by atoms with E-state index in [1.165, 1.54) is 0 Å². The van der Waals surface area contributed by atoms with Crippen LogP contribution in [0.15, 0.2) is 11.4 Å². The lowest BCUT2D eigenvalue weighted by molar-refractivity contribution is 0.0696. The van der Waals surface area contributed by atoms with Crippen molar-refractivity contribution >= 4 is 23.1 Å². The summed E-state index contributed by atoms with van der Waals surface area (Å²) >= 11 is 1.58. The van der Waals surface area contributed by atoms with Crippen LogP contribution in [0.5, 0.6) is 0 Å². The molecule has 0 aromatic carbocycles. The molecule has 2 aromatic heterocycles. The number of rotatable bonds is 4. The van der Waals surface area contributed by atoms with Crippen molar-refractivity contribution < 1.29 is 9.90 Å². The Morgan fingerprint density at radius 2 is 2.05 bits per heavy atom. The van der Waals surface area contributed by atoms with Gasteiger partial charge in [-0.05, 0) is 32.4 Å². The number of hydrogen-bond acceptors (Lipinski definition) is 5. The highest BCUT2D eigenvalue weighted by Gasteiger charge is 2.19. The molecule has 0 aliphatic heterocycles. The summed E-state index contributed by atoms with van der Waals surface area (Å²) < 4.78 is 0. The summed E-state index contributed by atoms with van der Waals surface area (Å²) in [5.74, 6) is -0.466. The summed E-state index contributed by atoms with van der Waals surface area (Å²) in [4.78, 5) is 22.0. The maximum atomic E-state index is 11.4. The Labute approximate surface area is 121 Å². The lowest BCUT2D eigenvalue weighted by atomic mass is 10.1. The molecular weight excluding hydrogens is 274 g/mol. The predicted molar refractivity (Wildman–Crippen MR) is 79.6 cm³/mol. The first-order valence-electron chi connectivity index (χ1n) is 6.22. The van der Waals surface area contributed by atoms with Crippen molar-refractivity contribution in [1.82, 2.24) is 9.97 Å². The summed E-state index contributed by atoms with van der Waals surface area (Å²) in [7, 11) is 1.84. The first-order chi connectivity index (χ1) is 9.38. The third kappa shape index (κ3) is 2.96. The summed E-state index contributed by atoms with van der Waals surface area (Å²) in [5, 5.41) is 12.4. The second kappa shape index (κ2) is 5.58. The van der Waals surface area contributed by atoms with Gasteiger partial charge in [-0.3, -0.25) is 0 Å². The van der Waals surface area contributed by atoms with Gasteiger partial charge in [0, 0.05) is 18.1 Å². The molecule has 0 saturated carbocycles. The molecule has 6 heteroatoms. The fourth-order valence-electron chi connectivity index (χ4n) is 2.16. The van der Waals surface area contributed by atoms with Crippen molar-refractivity contribution in [2.75, 3.05) is 11.9 Å². The molecule has 0 saturated heterocycles. The van der Waals surface area contributed by atoms with Gasteiger partial charge in [0.15, 0.2) is 0 Å². The molecule has 1 N–H and O–H groups in total. The number of thiazole rings is 1. The molecule has 2 rings (SSSR count). The van der Waals surface area contributed by atoms with Crippen molar-refractivity contribution in [3.8, 4) is 0 Å². The highest BCUT2D eigenvalue weighted by Crippen LogP contribution is 2.23. The highest BCUT2D eigenvalue weighted by atomic mass is 32.1. The van der Waals surface area contributed by atoms with E-state index in [1.807, 2.05) is 31.2 Å². The van der Waals surface area contributed by atoms with E-state index in [4.69, 9.17) is 0 Å². The van der Waals surface area contributed by atoms with E-state index >= 15 is 0 Å². The van der Waals surface area contributed by atoms with Crippen LogP contribution in [0, 0.1) is 20.8 Å². The van der Waals surface area contributed by atoms with E-state index in [-0.39, 0.29) is 5.56 Å². The van der Waals surface area contributed by atoms with Crippen molar-refractivity contribution in [3.05, 3.63) is 39.0 Å². The Kier molecular flexibility index (Phi) is 4.04. The molecule has 0 amide bonds. The van der Waals surface area contributed by atoms with Crippen molar-refractivity contribution in [2.24, 2.45) is 0 Å². The average Bonchev–Trinajstić information content (AvgIpc) is 2.72. The minimum atomic E-state index is -0.952. The first kappa shape index (κ1) is 14.5. The summed E-state index contributed by atoms with van der Waals surface area (Å²) in [6.07, 6.45) is 0. The minimum Gasteiger partial charge on any atom is -0.478 e. The van der Waals surface area contributed by atoms with E-state index in [1.54, 1.807) is 24.3 Å². The van der Waals surface area contributed by atoms with E-state index < -0.39 is 5.97 Å². The fraction of sp³-hybridized carbons (Fsp3) is 0.357. The zero-order chi connectivity index (χ0) is 14.9. The van der Waals surface area contributed by atoms with Gasteiger partial charge in [-0.25, -0.2) is 14.8 Å². The third-order valence-corrected chi connectivity index (χ3v) is 3.79. The SMILES string of the molecule is Cc1cc(C)c(C(=O)O)c(N(C)Cc2csc(C)n2)n1. The number of aromatic carboxylic acids is 1. The zero-order valence-electron chi connectivity index (χ0n) is 12.0. The largest absolute Gasteiger partial charge is 0.478 e. The number of hydrogen-bond donors (Lipinski definition) is 1. The summed E-state index contributed by atoms with van der Waals surface area (Å²) in [6, 6.07) is 1.79. The number of aromatic nitrogens is 2. The number of carboxylic acids is 1. The van der Waals surface area contributed by atoms with E-state index in [9.17, 15) is 9.90 Å². The Morgan fingerprint density at radius 1 is 1.35 bits per heavy atom. The van der Waals surface area contributed by atoms with E-state index in [0.29, 0.717) is 12.4 Å². The molecule has 0 aliphatic carbocycles. The van der Waals surface area contributed by atoms with Crippen LogP contribution < -0.4 is 4.90 Å². The lowest BCUT2D eigenvalue weighted by Crippen LogP contribution is -2.22. The van der Waals surface area contributed by atoms with Crippen LogP contribution in [0.4, 0.5) is 5.82 Å². The van der Waals surface area contributed by atoms with Gasteiger partial charge in [0.05, 0.1) is 17.2 Å². The molecule has 0 atom stereocenters. The molecule has 0 aliphatic rings. The third-order valence-electron chi connectivity index (χ3n) is 2.97. The van der Waals surface area contributed by atoms with Crippen molar-refractivity contribution in [1.29, 1.82) is 0 Å². The second-order valence-electron chi connectivity index (χ2n) is 4.80. The van der Waals surface area contributed by atoms with Crippen LogP contribution in [0.25, 0.3) is 0 Å². The summed E-state index contributed by atoms with van der Waals surface area (Å²) in [6.45, 7) is 6.15. The van der Waals surface area contributed by atoms with Crippen LogP contribution in [-0.4, -0.2) is 28.1 Å². The van der Waals surface area contributed by atoms with Gasteiger partial charge < -0.3 is 10.0 Å². The molecule has 0 spiro atoms. The molecule has 5 nitrogen and oxygen atoms in total. The Balaban J connectivity index is 2.38. The van der Waals surface area contributed by atoms with Crippen LogP contribution in [0.2, 0.25) is 0 Å². The van der Waals surface area contributed by atoms with Gasteiger partial charge >= 0.3 is 5.97 Å². The molecule has 2 heterocycles. The molecule has 0 unspecified atom stereocenters. The quantitative estimate of drug-likeness (QED) is 0.938. The highest BCUT2D eigenvalue weighted by molar-refractivity contribution is 7.09. The normalized spacial score (nSPS) is 10.6. The van der Waals surface area contributed by atoms with Crippen molar-refractivity contribution in [3.63, 3.8) is 0 Å². The Bertz CT molecular complexity index is 652. The van der Waals surface area contributed by atoms with Crippen LogP contribution in [0.1, 0.15) is 32.3 Å². The fourth-order valence-corrected chi connectivity index (χ4v) is 2.76. The maximum absolute atomic E-state index is 11.4. The Hall–Kier alpha value is -1.95. The predicted octanol–water partition coefficient (Wildman–Crippen LogP) is 2.80. The molecule has 0 bridgehead atoms. The molecule has 20 heavy (non-hydrogen) atoms. The van der Waals surface area contributed by atoms with Gasteiger partial charge in [-0.1, -0.05) is 0 Å². The average molecular weight is 291 g/mol. The number of carboxylic acid groups (broad SMARTS) is 1. The molecular formula is C14H17N3O2S. The lowest BCUT2D eigenvalue weighted by Gasteiger charge is -2.20. The van der Waals surface area contributed by atoms with Gasteiger partial charge in [-0.15, -0.1) is 11.3 Å². The van der Waals surface area contributed by atoms with Crippen LogP contribution >= 0.6 is 11.3 Å². The van der Waals surface area contributed by atoms with Crippen LogP contribution in [0.3, 0.4) is 0 Å². The van der Waals surface area contributed by atoms with Gasteiger partial charge in [0.1, 0.15) is 11.4 Å². The van der Waals surface area contributed by atoms with Gasteiger partial charge in [0.2, 0.25) is 0 Å². The van der Waals surface area contributed by atoms with Crippen molar-refractivity contribution in [2.45, 2.75) is 27.3 Å². The molecule has 0 fully saturated rings. The minimum absolute atomic E-state index is 0.255. The summed E-state index contributed by atoms with van der Waals surface area (Å²) in [5.41, 5.74) is 2.71. The second-order valence-corrected chi connectivity index (χ2v) is 5.86. The molecule has 2 aromatic rings. The first-order valence-corrected chi connectivity index (χ1v) is 7.10. The number of anilines is 1. The van der Waals surface area contributed by atoms with E-state index in [2.05, 4.69) is 9.97 Å². The smallest absolute Gasteiger partial charge is 0.339 e. The Morgan fingerprint density at radius 3 is 2.60 bits per heavy atom. The topological polar surface area (TPSA) is 66.3 Å². The zero-order valence-corrected chi connectivity index (χ0v) is 12.8. The standard InChI is InChI=1S/C14H17N3O2S/c1-8-5-9(2)15-13(12(8)14(18)19)17(4)6-11-7-20-10(3)16-11/h5,7H,6H2,1-4H3,(H,18,19). The molecule has 0 radical (unpaired) electrons. The number of carbonyl (C=O) groups is 1. The number of pyridine rings is 1. The number of aryl methyl sites for hydroxylation is 3.